The molecule has 2 N–H and O–H groups in total. The van der Waals surface area contributed by atoms with Crippen molar-refractivity contribution in [1.29, 1.82) is 0 Å². The Labute approximate surface area is 213 Å². The first-order chi connectivity index (χ1) is 18.2. The summed E-state index contributed by atoms with van der Waals surface area (Å²) in [5.74, 6) is -0.0408. The fourth-order valence-electron chi connectivity index (χ4n) is 3.52. The van der Waals surface area contributed by atoms with Crippen LogP contribution in [0, 0.1) is 10.1 Å². The van der Waals surface area contributed by atoms with Crippen LogP contribution in [0.5, 0.6) is 5.75 Å². The smallest absolute Gasteiger partial charge is 0.433 e. The number of ether oxygens (including phenoxy) is 1. The van der Waals surface area contributed by atoms with Gasteiger partial charge in [0.05, 0.1) is 13.2 Å². The van der Waals surface area contributed by atoms with Crippen molar-refractivity contribution in [3.05, 3.63) is 79.2 Å². The Hall–Kier alpha value is -5.47. The van der Waals surface area contributed by atoms with Gasteiger partial charge in [-0.25, -0.2) is 10.2 Å². The lowest BCUT2D eigenvalue weighted by atomic mass is 10.3. The van der Waals surface area contributed by atoms with Crippen LogP contribution >= 0.6 is 0 Å². The summed E-state index contributed by atoms with van der Waals surface area (Å²) >= 11 is 0. The van der Waals surface area contributed by atoms with Gasteiger partial charge in [-0.3, -0.25) is 33.4 Å². The Bertz CT molecular complexity index is 1710. The number of rotatable bonds is 9. The molecule has 0 saturated heterocycles. The van der Waals surface area contributed by atoms with Crippen LogP contribution in [0.15, 0.2) is 61.6 Å². The second-order valence-corrected chi connectivity index (χ2v) is 7.86. The molecule has 0 saturated carbocycles. The number of hydrogen-bond donors (Lipinski definition) is 2. The number of hydrazone groups is 1. The summed E-state index contributed by atoms with van der Waals surface area (Å²) in [4.78, 5) is 52.5. The van der Waals surface area contributed by atoms with Crippen LogP contribution in [0.25, 0.3) is 17.2 Å². The van der Waals surface area contributed by atoms with Gasteiger partial charge in [-0.15, -0.1) is 0 Å². The number of nitro groups is 1. The van der Waals surface area contributed by atoms with Crippen molar-refractivity contribution in [3.8, 4) is 5.75 Å². The summed E-state index contributed by atoms with van der Waals surface area (Å²) in [6, 6.07) is 9.57. The van der Waals surface area contributed by atoms with E-state index in [9.17, 15) is 24.5 Å². The van der Waals surface area contributed by atoms with Gasteiger partial charge in [-0.05, 0) is 30.4 Å². The van der Waals surface area contributed by atoms with Gasteiger partial charge in [0, 0.05) is 32.1 Å². The molecule has 0 aliphatic carbocycles. The molecule has 196 valence electrons. The summed E-state index contributed by atoms with van der Waals surface area (Å²) < 4.78 is 13.7. The number of fused-ring (bicyclic) bond motifs is 1. The lowest BCUT2D eigenvalue weighted by Crippen LogP contribution is -2.38. The summed E-state index contributed by atoms with van der Waals surface area (Å²) in [6.07, 6.45) is 4.08. The van der Waals surface area contributed by atoms with Gasteiger partial charge in [-0.2, -0.15) is 10.1 Å². The first-order valence-electron chi connectivity index (χ1n) is 11.0. The van der Waals surface area contributed by atoms with Crippen molar-refractivity contribution in [3.63, 3.8) is 0 Å². The zero-order valence-corrected chi connectivity index (χ0v) is 20.4. The van der Waals surface area contributed by atoms with Gasteiger partial charge in [-0.1, -0.05) is 6.07 Å². The van der Waals surface area contributed by atoms with Crippen molar-refractivity contribution in [2.75, 3.05) is 12.4 Å². The molecule has 0 bridgehead atoms. The molecule has 3 aromatic heterocycles. The zero-order valence-electron chi connectivity index (χ0n) is 20.4. The minimum atomic E-state index is -0.659. The van der Waals surface area contributed by atoms with Crippen LogP contribution in [0.2, 0.25) is 0 Å². The third kappa shape index (κ3) is 5.20. The van der Waals surface area contributed by atoms with Gasteiger partial charge in [0.2, 0.25) is 5.95 Å². The maximum Gasteiger partial charge on any atom is 0.433 e. The summed E-state index contributed by atoms with van der Waals surface area (Å²) in [5, 5.41) is 17.5. The maximum atomic E-state index is 13.0. The van der Waals surface area contributed by atoms with E-state index in [-0.39, 0.29) is 29.4 Å². The number of nitrogens with zero attached hydrogens (tertiary/aromatic N) is 6. The molecule has 0 aliphatic rings. The topological polar surface area (TPSA) is 181 Å². The number of anilines is 2. The Morgan fingerprint density at radius 1 is 1.24 bits per heavy atom. The fourth-order valence-corrected chi connectivity index (χ4v) is 3.52. The number of nitrogens with one attached hydrogen (secondary N) is 2. The van der Waals surface area contributed by atoms with Crippen LogP contribution in [0.1, 0.15) is 5.76 Å². The van der Waals surface area contributed by atoms with E-state index in [2.05, 4.69) is 20.8 Å². The van der Waals surface area contributed by atoms with Crippen LogP contribution in [-0.4, -0.2) is 42.8 Å². The van der Waals surface area contributed by atoms with E-state index in [1.165, 1.54) is 60.8 Å². The van der Waals surface area contributed by atoms with Crippen LogP contribution in [-0.2, 0) is 25.4 Å². The van der Waals surface area contributed by atoms with Gasteiger partial charge >= 0.3 is 11.6 Å². The molecule has 0 atom stereocenters. The van der Waals surface area contributed by atoms with Crippen molar-refractivity contribution in [2.45, 2.75) is 6.54 Å². The molecule has 15 heteroatoms. The number of aryl methyl sites for hydroxylation is 1. The second kappa shape index (κ2) is 10.7. The average molecular weight is 522 g/mol. The third-order valence-corrected chi connectivity index (χ3v) is 5.38. The lowest BCUT2D eigenvalue weighted by molar-refractivity contribution is -0.402. The predicted molar refractivity (Wildman–Crippen MR) is 138 cm³/mol. The van der Waals surface area contributed by atoms with Crippen LogP contribution in [0.3, 0.4) is 0 Å². The minimum Gasteiger partial charge on any atom is -0.497 e. The SMILES string of the molecule is COc1cccc(Nc2nc3c(c(=O)n(C)c(=O)n3C)n2CC(=O)N/N=C\C=C\c2ccc([N+](=O)[O-])o2)c1. The van der Waals surface area contributed by atoms with Crippen molar-refractivity contribution in [1.82, 2.24) is 24.1 Å². The quantitative estimate of drug-likeness (QED) is 0.187. The number of benzene rings is 1. The molecule has 0 unspecified atom stereocenters. The molecule has 38 heavy (non-hydrogen) atoms. The van der Waals surface area contributed by atoms with E-state index in [0.29, 0.717) is 11.4 Å². The van der Waals surface area contributed by atoms with Crippen LogP contribution in [0.4, 0.5) is 17.5 Å². The second-order valence-electron chi connectivity index (χ2n) is 7.86. The highest BCUT2D eigenvalue weighted by molar-refractivity contribution is 5.83. The number of amides is 1. The standard InChI is InChI=1S/C23H22N8O7/c1-28-20-19(21(33)29(2)23(28)34)30(22(26-20)25-14-6-4-7-16(12-14)37-3)13-17(32)27-24-11-5-8-15-9-10-18(38-15)31(35)36/h4-12H,13H2,1-3H3,(H,25,26)(H,27,32)/b8-5+,24-11-. The molecule has 4 aromatic rings. The van der Waals surface area contributed by atoms with E-state index in [1.807, 2.05) is 0 Å². The molecule has 1 amide bonds. The first kappa shape index (κ1) is 25.6. The predicted octanol–water partition coefficient (Wildman–Crippen LogP) is 1.50. The van der Waals surface area contributed by atoms with Crippen molar-refractivity contribution < 1.29 is 18.9 Å². The van der Waals surface area contributed by atoms with E-state index in [0.717, 1.165) is 4.57 Å². The molecule has 0 radical (unpaired) electrons. The number of imidazole rings is 1. The van der Waals surface area contributed by atoms with E-state index < -0.39 is 28.0 Å². The normalized spacial score (nSPS) is 11.4. The Morgan fingerprint density at radius 2 is 2.03 bits per heavy atom. The number of carbonyl (C=O) groups is 1. The van der Waals surface area contributed by atoms with Gasteiger partial charge in [0.25, 0.3) is 11.5 Å². The molecule has 15 nitrogen and oxygen atoms in total. The maximum absolute atomic E-state index is 13.0. The summed E-state index contributed by atoms with van der Waals surface area (Å²) in [5.41, 5.74) is 1.85. The highest BCUT2D eigenvalue weighted by Gasteiger charge is 2.21. The number of carbonyl (C=O) groups excluding carboxylic acids is 1. The Morgan fingerprint density at radius 3 is 2.74 bits per heavy atom. The molecular formula is C23H22N8O7. The third-order valence-electron chi connectivity index (χ3n) is 5.38. The van der Waals surface area contributed by atoms with Gasteiger partial charge in [0.1, 0.15) is 23.0 Å². The number of furan rings is 1. The number of methoxy groups -OCH3 is 1. The van der Waals surface area contributed by atoms with Gasteiger partial charge < -0.3 is 14.5 Å². The van der Waals surface area contributed by atoms with E-state index in [1.54, 1.807) is 24.3 Å². The summed E-state index contributed by atoms with van der Waals surface area (Å²) in [7, 11) is 4.33. The average Bonchev–Trinajstić information content (AvgIpc) is 3.51. The molecule has 0 aliphatic heterocycles. The number of allylic oxidation sites excluding steroid dienone is 1. The lowest BCUT2D eigenvalue weighted by Gasteiger charge is -2.11. The fraction of sp³-hybridized carbons (Fsp3) is 0.174. The highest BCUT2D eigenvalue weighted by Crippen LogP contribution is 2.23. The molecule has 0 spiro atoms. The monoisotopic (exact) mass is 522 g/mol. The zero-order chi connectivity index (χ0) is 27.4. The minimum absolute atomic E-state index is 0.0402. The van der Waals surface area contributed by atoms with Crippen molar-refractivity contribution in [2.24, 2.45) is 19.2 Å². The Balaban J connectivity index is 1.59. The van der Waals surface area contributed by atoms with E-state index >= 15 is 0 Å². The van der Waals surface area contributed by atoms with E-state index in [4.69, 9.17) is 9.15 Å². The van der Waals surface area contributed by atoms with Crippen molar-refractivity contribution >= 4 is 46.9 Å². The molecule has 1 aromatic carbocycles. The number of aromatic nitrogens is 4. The van der Waals surface area contributed by atoms with Gasteiger partial charge in [0.15, 0.2) is 11.2 Å². The molecular weight excluding hydrogens is 500 g/mol. The largest absolute Gasteiger partial charge is 0.497 e. The highest BCUT2D eigenvalue weighted by atomic mass is 16.6. The van der Waals surface area contributed by atoms with Crippen LogP contribution < -0.4 is 26.7 Å². The molecule has 4 rings (SSSR count). The summed E-state index contributed by atoms with van der Waals surface area (Å²) in [6.45, 7) is -0.359. The Kier molecular flexibility index (Phi) is 7.18. The number of hydrogen-bond acceptors (Lipinski definition) is 10. The molecule has 3 heterocycles. The molecule has 0 fully saturated rings. The first-order valence-corrected chi connectivity index (χ1v) is 11.0.